The van der Waals surface area contributed by atoms with E-state index < -0.39 is 17.9 Å². The largest absolute Gasteiger partial charge is 0.339 e. The van der Waals surface area contributed by atoms with Crippen LogP contribution in [-0.2, 0) is 9.59 Å². The minimum absolute atomic E-state index is 0. The van der Waals surface area contributed by atoms with Crippen molar-refractivity contribution in [1.82, 2.24) is 20.0 Å². The summed E-state index contributed by atoms with van der Waals surface area (Å²) in [4.78, 5) is 55.6. The maximum atomic E-state index is 13.2. The van der Waals surface area contributed by atoms with Crippen LogP contribution in [0.15, 0.2) is 18.2 Å². The number of aryl methyl sites for hydroxylation is 1. The molecule has 9 heteroatoms. The molecule has 30 heavy (non-hydrogen) atoms. The van der Waals surface area contributed by atoms with Crippen LogP contribution in [0.25, 0.3) is 0 Å². The van der Waals surface area contributed by atoms with E-state index in [0.29, 0.717) is 37.3 Å². The third kappa shape index (κ3) is 3.81. The first-order chi connectivity index (χ1) is 13.9. The van der Waals surface area contributed by atoms with E-state index in [1.807, 2.05) is 11.8 Å². The SMILES string of the molecule is Cc1ccc2c(c1)C(=O)N(C(C)C(=O)N1CCCC(N3CCNCC3=O)C1)C2=O.Cl. The smallest absolute Gasteiger partial charge is 0.262 e. The molecule has 0 aliphatic carbocycles. The first kappa shape index (κ1) is 22.2. The van der Waals surface area contributed by atoms with Gasteiger partial charge in [-0.3, -0.25) is 24.1 Å². The molecule has 2 unspecified atom stereocenters. The number of imide groups is 1. The standard InChI is InChI=1S/C21H26N4O4.ClH/c1-13-5-6-16-17(10-13)21(29)25(20(16)28)14(2)19(27)23-8-3-4-15(12-23)24-9-7-22-11-18(24)26;/h5-6,10,14-15,22H,3-4,7-9,11-12H2,1-2H3;1H. The van der Waals surface area contributed by atoms with Gasteiger partial charge in [-0.2, -0.15) is 0 Å². The van der Waals surface area contributed by atoms with Crippen LogP contribution in [0.5, 0.6) is 0 Å². The van der Waals surface area contributed by atoms with Gasteiger partial charge in [-0.1, -0.05) is 11.6 Å². The summed E-state index contributed by atoms with van der Waals surface area (Å²) in [5.74, 6) is -1.03. The molecule has 2 saturated heterocycles. The normalized spacial score (nSPS) is 22.7. The first-order valence-electron chi connectivity index (χ1n) is 10.2. The molecule has 2 fully saturated rings. The highest BCUT2D eigenvalue weighted by molar-refractivity contribution is 6.22. The Bertz CT molecular complexity index is 890. The number of rotatable bonds is 3. The fraction of sp³-hybridized carbons (Fsp3) is 0.524. The Morgan fingerprint density at radius 3 is 2.60 bits per heavy atom. The number of carbonyl (C=O) groups excluding carboxylic acids is 4. The molecule has 162 valence electrons. The van der Waals surface area contributed by atoms with Crippen LogP contribution in [0.2, 0.25) is 0 Å². The Kier molecular flexibility index (Phi) is 6.47. The molecule has 0 aromatic heterocycles. The lowest BCUT2D eigenvalue weighted by molar-refractivity contribution is -0.142. The fourth-order valence-corrected chi connectivity index (χ4v) is 4.52. The van der Waals surface area contributed by atoms with Gasteiger partial charge in [0.05, 0.1) is 17.7 Å². The van der Waals surface area contributed by atoms with E-state index in [2.05, 4.69) is 5.32 Å². The number of likely N-dealkylation sites (tertiary alicyclic amines) is 1. The van der Waals surface area contributed by atoms with Crippen molar-refractivity contribution in [1.29, 1.82) is 0 Å². The van der Waals surface area contributed by atoms with E-state index in [-0.39, 0.29) is 30.3 Å². The molecule has 4 rings (SSSR count). The van der Waals surface area contributed by atoms with Gasteiger partial charge >= 0.3 is 0 Å². The number of benzene rings is 1. The maximum Gasteiger partial charge on any atom is 0.262 e. The van der Waals surface area contributed by atoms with Gasteiger partial charge in [0.2, 0.25) is 11.8 Å². The minimum atomic E-state index is -0.875. The maximum absolute atomic E-state index is 13.2. The number of carbonyl (C=O) groups is 4. The van der Waals surface area contributed by atoms with Crippen molar-refractivity contribution in [3.05, 3.63) is 34.9 Å². The molecule has 1 aromatic carbocycles. The van der Waals surface area contributed by atoms with Crippen molar-refractivity contribution in [3.8, 4) is 0 Å². The molecule has 3 heterocycles. The number of fused-ring (bicyclic) bond motifs is 1. The zero-order valence-electron chi connectivity index (χ0n) is 17.2. The number of piperazine rings is 1. The summed E-state index contributed by atoms with van der Waals surface area (Å²) < 4.78 is 0. The second kappa shape index (κ2) is 8.73. The summed E-state index contributed by atoms with van der Waals surface area (Å²) >= 11 is 0. The Hall–Kier alpha value is -2.45. The molecule has 1 N–H and O–H groups in total. The van der Waals surface area contributed by atoms with Crippen LogP contribution in [0.1, 0.15) is 46.0 Å². The highest BCUT2D eigenvalue weighted by Crippen LogP contribution is 2.27. The molecule has 0 bridgehead atoms. The van der Waals surface area contributed by atoms with Crippen LogP contribution in [0, 0.1) is 6.92 Å². The van der Waals surface area contributed by atoms with Crippen LogP contribution >= 0.6 is 12.4 Å². The van der Waals surface area contributed by atoms with Crippen LogP contribution in [0.4, 0.5) is 0 Å². The van der Waals surface area contributed by atoms with Crippen molar-refractivity contribution in [2.75, 3.05) is 32.7 Å². The number of amides is 4. The van der Waals surface area contributed by atoms with E-state index in [9.17, 15) is 19.2 Å². The van der Waals surface area contributed by atoms with Gasteiger partial charge in [-0.05, 0) is 38.8 Å². The van der Waals surface area contributed by atoms with Crippen molar-refractivity contribution in [2.24, 2.45) is 0 Å². The van der Waals surface area contributed by atoms with Crippen molar-refractivity contribution in [2.45, 2.75) is 38.8 Å². The Morgan fingerprint density at radius 1 is 1.13 bits per heavy atom. The van der Waals surface area contributed by atoms with Crippen LogP contribution < -0.4 is 5.32 Å². The van der Waals surface area contributed by atoms with Gasteiger partial charge in [-0.25, -0.2) is 0 Å². The van der Waals surface area contributed by atoms with E-state index in [1.54, 1.807) is 30.0 Å². The fourth-order valence-electron chi connectivity index (χ4n) is 4.52. The molecule has 2 atom stereocenters. The zero-order chi connectivity index (χ0) is 20.7. The van der Waals surface area contributed by atoms with Crippen molar-refractivity contribution >= 4 is 36.0 Å². The topological polar surface area (TPSA) is 90.0 Å². The lowest BCUT2D eigenvalue weighted by Crippen LogP contribution is -2.59. The molecule has 4 amide bonds. The third-order valence-corrected chi connectivity index (χ3v) is 6.09. The van der Waals surface area contributed by atoms with E-state index in [0.717, 1.165) is 29.8 Å². The van der Waals surface area contributed by atoms with Gasteiger partial charge in [-0.15, -0.1) is 12.4 Å². The molecular weight excluding hydrogens is 408 g/mol. The summed E-state index contributed by atoms with van der Waals surface area (Å²) in [7, 11) is 0. The molecule has 3 aliphatic rings. The Labute approximate surface area is 182 Å². The zero-order valence-corrected chi connectivity index (χ0v) is 18.0. The molecular formula is C21H27ClN4O4. The van der Waals surface area contributed by atoms with Crippen LogP contribution in [0.3, 0.4) is 0 Å². The van der Waals surface area contributed by atoms with Crippen molar-refractivity contribution in [3.63, 3.8) is 0 Å². The van der Waals surface area contributed by atoms with Gasteiger partial charge in [0.1, 0.15) is 6.04 Å². The number of nitrogens with one attached hydrogen (secondary N) is 1. The number of hydrogen-bond acceptors (Lipinski definition) is 5. The van der Waals surface area contributed by atoms with Gasteiger partial charge < -0.3 is 15.1 Å². The third-order valence-electron chi connectivity index (χ3n) is 6.09. The monoisotopic (exact) mass is 434 g/mol. The van der Waals surface area contributed by atoms with E-state index >= 15 is 0 Å². The van der Waals surface area contributed by atoms with Gasteiger partial charge in [0.15, 0.2) is 0 Å². The average molecular weight is 435 g/mol. The van der Waals surface area contributed by atoms with Gasteiger partial charge in [0.25, 0.3) is 11.8 Å². The molecule has 8 nitrogen and oxygen atoms in total. The van der Waals surface area contributed by atoms with Gasteiger partial charge in [0, 0.05) is 32.2 Å². The van der Waals surface area contributed by atoms with E-state index in [1.165, 1.54) is 0 Å². The highest BCUT2D eigenvalue weighted by atomic mass is 35.5. The Balaban J connectivity index is 0.00000256. The summed E-state index contributed by atoms with van der Waals surface area (Å²) in [5, 5.41) is 3.06. The average Bonchev–Trinajstić information content (AvgIpc) is 2.97. The van der Waals surface area contributed by atoms with Crippen LogP contribution in [-0.4, -0.2) is 83.1 Å². The summed E-state index contributed by atoms with van der Waals surface area (Å²) in [5.41, 5.74) is 1.60. The molecule has 0 radical (unpaired) electrons. The molecule has 0 saturated carbocycles. The quantitative estimate of drug-likeness (QED) is 0.711. The number of piperidine rings is 1. The number of hydrogen-bond donors (Lipinski definition) is 1. The number of halogens is 1. The predicted molar refractivity (Wildman–Crippen MR) is 113 cm³/mol. The minimum Gasteiger partial charge on any atom is -0.339 e. The highest BCUT2D eigenvalue weighted by Gasteiger charge is 2.43. The molecule has 3 aliphatic heterocycles. The second-order valence-electron chi connectivity index (χ2n) is 8.05. The lowest BCUT2D eigenvalue weighted by atomic mass is 10.0. The van der Waals surface area contributed by atoms with E-state index in [4.69, 9.17) is 0 Å². The first-order valence-corrected chi connectivity index (χ1v) is 10.2. The predicted octanol–water partition coefficient (Wildman–Crippen LogP) is 0.824. The Morgan fingerprint density at radius 2 is 1.87 bits per heavy atom. The lowest BCUT2D eigenvalue weighted by Gasteiger charge is -2.42. The van der Waals surface area contributed by atoms with Crippen molar-refractivity contribution < 1.29 is 19.2 Å². The second-order valence-corrected chi connectivity index (χ2v) is 8.05. The summed E-state index contributed by atoms with van der Waals surface area (Å²) in [6.07, 6.45) is 1.65. The molecule has 0 spiro atoms. The molecule has 1 aromatic rings. The number of nitrogens with zero attached hydrogens (tertiary/aromatic N) is 3. The summed E-state index contributed by atoms with van der Waals surface area (Å²) in [6, 6.07) is 4.24. The summed E-state index contributed by atoms with van der Waals surface area (Å²) in [6.45, 7) is 6.20.